The van der Waals surface area contributed by atoms with Gasteiger partial charge in [-0.1, -0.05) is 28.2 Å². The molecule has 1 N–H and O–H groups in total. The van der Waals surface area contributed by atoms with Crippen LogP contribution in [0.25, 0.3) is 0 Å². The van der Waals surface area contributed by atoms with Gasteiger partial charge in [0.25, 0.3) is 15.9 Å². The van der Waals surface area contributed by atoms with Crippen LogP contribution in [-0.4, -0.2) is 39.5 Å². The van der Waals surface area contributed by atoms with Crippen molar-refractivity contribution in [1.82, 2.24) is 9.79 Å². The molecule has 1 unspecified atom stereocenters. The molecule has 0 saturated carbocycles. The predicted octanol–water partition coefficient (Wildman–Crippen LogP) is 2.61. The van der Waals surface area contributed by atoms with E-state index in [4.69, 9.17) is 16.4 Å². The highest BCUT2D eigenvalue weighted by Crippen LogP contribution is 2.25. The third kappa shape index (κ3) is 4.36. The number of sulfonamides is 1. The molecule has 24 heavy (non-hydrogen) atoms. The zero-order valence-electron chi connectivity index (χ0n) is 13.7. The van der Waals surface area contributed by atoms with E-state index in [0.717, 1.165) is 19.3 Å². The second kappa shape index (κ2) is 8.11. The second-order valence-electron chi connectivity index (χ2n) is 5.60. The first-order chi connectivity index (χ1) is 11.4. The Morgan fingerprint density at radius 3 is 2.79 bits per heavy atom. The first-order valence-electron chi connectivity index (χ1n) is 7.62. The smallest absolute Gasteiger partial charge is 0.266 e. The number of nitrogens with one attached hydrogen (secondary N) is 1. The van der Waals surface area contributed by atoms with Crippen LogP contribution in [0.2, 0.25) is 5.02 Å². The molecule has 0 aliphatic heterocycles. The molecule has 1 atom stereocenters. The second-order valence-corrected chi connectivity index (χ2v) is 7.91. The van der Waals surface area contributed by atoms with Gasteiger partial charge >= 0.3 is 0 Å². The molecule has 0 aromatic heterocycles. The van der Waals surface area contributed by atoms with E-state index in [-0.39, 0.29) is 21.4 Å². The Bertz CT molecular complexity index is 734. The zero-order valence-corrected chi connectivity index (χ0v) is 15.2. The maximum atomic E-state index is 12.3. The van der Waals surface area contributed by atoms with Crippen LogP contribution in [0.1, 0.15) is 29.6 Å². The fraction of sp³-hybridized carbons (Fsp3) is 0.438. The third-order valence-corrected chi connectivity index (χ3v) is 6.16. The fourth-order valence-corrected chi connectivity index (χ4v) is 3.93. The van der Waals surface area contributed by atoms with E-state index in [1.54, 1.807) is 0 Å². The number of hydrogen-bond acceptors (Lipinski definition) is 4. The molecular formula is C16H21ClN2O4S. The quantitative estimate of drug-likeness (QED) is 0.615. The summed E-state index contributed by atoms with van der Waals surface area (Å²) >= 11 is 5.98. The third-order valence-electron chi connectivity index (χ3n) is 4.00. The normalized spacial score (nSPS) is 17.9. The van der Waals surface area contributed by atoms with Crippen molar-refractivity contribution in [3.05, 3.63) is 40.9 Å². The van der Waals surface area contributed by atoms with Gasteiger partial charge in [-0.2, -0.15) is 0 Å². The van der Waals surface area contributed by atoms with Gasteiger partial charge in [-0.3, -0.25) is 9.63 Å². The van der Waals surface area contributed by atoms with Gasteiger partial charge in [-0.05, 0) is 43.4 Å². The highest BCUT2D eigenvalue weighted by Gasteiger charge is 2.25. The van der Waals surface area contributed by atoms with Crippen molar-refractivity contribution in [2.24, 2.45) is 5.92 Å². The number of nitrogens with zero attached hydrogens (tertiary/aromatic N) is 1. The van der Waals surface area contributed by atoms with Crippen LogP contribution in [0.15, 0.2) is 35.2 Å². The minimum absolute atomic E-state index is 0.0351. The zero-order chi connectivity index (χ0) is 17.7. The number of allylic oxidation sites excluding steroid dienone is 2. The lowest BCUT2D eigenvalue weighted by Gasteiger charge is -2.18. The number of benzene rings is 1. The molecule has 0 fully saturated rings. The summed E-state index contributed by atoms with van der Waals surface area (Å²) in [6.07, 6.45) is 7.26. The van der Waals surface area contributed by atoms with Gasteiger partial charge in [0, 0.05) is 19.2 Å². The Morgan fingerprint density at radius 2 is 2.17 bits per heavy atom. The van der Waals surface area contributed by atoms with Crippen LogP contribution in [0, 0.1) is 5.92 Å². The van der Waals surface area contributed by atoms with Gasteiger partial charge in [0.05, 0.1) is 12.1 Å². The molecule has 1 amide bonds. The van der Waals surface area contributed by atoms with Gasteiger partial charge in [-0.15, -0.1) is 0 Å². The van der Waals surface area contributed by atoms with E-state index in [1.807, 2.05) is 0 Å². The predicted molar refractivity (Wildman–Crippen MR) is 92.2 cm³/mol. The maximum absolute atomic E-state index is 12.3. The van der Waals surface area contributed by atoms with E-state index in [1.165, 1.54) is 32.4 Å². The van der Waals surface area contributed by atoms with Crippen molar-refractivity contribution in [3.63, 3.8) is 0 Å². The lowest BCUT2D eigenvalue weighted by molar-refractivity contribution is -0.0258. The SMILES string of the molecule is CON(C)S(=O)(=O)c1cc(C(=O)NCC2CC=CCC2)ccc1Cl. The van der Waals surface area contributed by atoms with Crippen molar-refractivity contribution < 1.29 is 18.0 Å². The number of carbonyl (C=O) groups excluding carboxylic acids is 1. The summed E-state index contributed by atoms with van der Waals surface area (Å²) in [7, 11) is -1.43. The highest BCUT2D eigenvalue weighted by atomic mass is 35.5. The molecule has 8 heteroatoms. The van der Waals surface area contributed by atoms with E-state index < -0.39 is 10.0 Å². The summed E-state index contributed by atoms with van der Waals surface area (Å²) in [5.74, 6) is 0.0896. The van der Waals surface area contributed by atoms with Crippen LogP contribution in [0.5, 0.6) is 0 Å². The van der Waals surface area contributed by atoms with Crippen molar-refractivity contribution >= 4 is 27.5 Å². The van der Waals surface area contributed by atoms with E-state index in [0.29, 0.717) is 16.9 Å². The minimum Gasteiger partial charge on any atom is -0.352 e. The first-order valence-corrected chi connectivity index (χ1v) is 9.44. The van der Waals surface area contributed by atoms with E-state index in [9.17, 15) is 13.2 Å². The molecule has 0 spiro atoms. The van der Waals surface area contributed by atoms with E-state index >= 15 is 0 Å². The summed E-state index contributed by atoms with van der Waals surface area (Å²) in [6.45, 7) is 0.561. The number of amides is 1. The lowest BCUT2D eigenvalue weighted by atomic mass is 9.94. The van der Waals surface area contributed by atoms with E-state index in [2.05, 4.69) is 17.5 Å². The van der Waals surface area contributed by atoms with Gasteiger partial charge in [-0.25, -0.2) is 8.42 Å². The lowest BCUT2D eigenvalue weighted by Crippen LogP contribution is -2.30. The molecule has 0 saturated heterocycles. The van der Waals surface area contributed by atoms with Crippen LogP contribution in [0.4, 0.5) is 0 Å². The molecular weight excluding hydrogens is 352 g/mol. The Balaban J connectivity index is 2.15. The molecule has 0 bridgehead atoms. The van der Waals surface area contributed by atoms with Crippen LogP contribution in [-0.2, 0) is 14.9 Å². The molecule has 0 heterocycles. The number of halogens is 1. The van der Waals surface area contributed by atoms with Crippen LogP contribution in [0.3, 0.4) is 0 Å². The summed E-state index contributed by atoms with van der Waals surface area (Å²) < 4.78 is 25.4. The van der Waals surface area contributed by atoms with Crippen LogP contribution < -0.4 is 5.32 Å². The Hall–Kier alpha value is -1.41. The fourth-order valence-electron chi connectivity index (χ4n) is 2.46. The number of hydrogen-bond donors (Lipinski definition) is 1. The summed E-state index contributed by atoms with van der Waals surface area (Å²) in [6, 6.07) is 4.17. The van der Waals surface area contributed by atoms with Gasteiger partial charge in [0.2, 0.25) is 0 Å². The van der Waals surface area contributed by atoms with Crippen molar-refractivity contribution in [2.45, 2.75) is 24.2 Å². The monoisotopic (exact) mass is 372 g/mol. The average Bonchev–Trinajstić information content (AvgIpc) is 2.60. The number of hydroxylamine groups is 1. The first kappa shape index (κ1) is 18.9. The Kier molecular flexibility index (Phi) is 6.40. The largest absolute Gasteiger partial charge is 0.352 e. The molecule has 6 nitrogen and oxygen atoms in total. The van der Waals surface area contributed by atoms with Crippen molar-refractivity contribution in [3.8, 4) is 0 Å². The molecule has 132 valence electrons. The van der Waals surface area contributed by atoms with Crippen molar-refractivity contribution in [1.29, 1.82) is 0 Å². The topological polar surface area (TPSA) is 75.7 Å². The van der Waals surface area contributed by atoms with Crippen LogP contribution >= 0.6 is 11.6 Å². The number of carbonyl (C=O) groups is 1. The molecule has 1 aromatic carbocycles. The molecule has 2 rings (SSSR count). The summed E-state index contributed by atoms with van der Waals surface area (Å²) in [4.78, 5) is 16.9. The van der Waals surface area contributed by atoms with Gasteiger partial charge in [0.15, 0.2) is 0 Å². The molecule has 0 radical (unpaired) electrons. The maximum Gasteiger partial charge on any atom is 0.266 e. The Labute approximate surface area is 147 Å². The van der Waals surface area contributed by atoms with Gasteiger partial charge in [0.1, 0.15) is 4.90 Å². The molecule has 1 aliphatic carbocycles. The minimum atomic E-state index is -3.92. The number of rotatable bonds is 6. The summed E-state index contributed by atoms with van der Waals surface area (Å²) in [5.41, 5.74) is 0.244. The van der Waals surface area contributed by atoms with Gasteiger partial charge < -0.3 is 5.32 Å². The average molecular weight is 373 g/mol. The molecule has 1 aromatic rings. The summed E-state index contributed by atoms with van der Waals surface area (Å²) in [5, 5.41) is 2.89. The van der Waals surface area contributed by atoms with Crippen molar-refractivity contribution in [2.75, 3.05) is 20.7 Å². The Morgan fingerprint density at radius 1 is 1.42 bits per heavy atom. The standard InChI is InChI=1S/C16H21ClN2O4S/c1-19(23-2)24(21,22)15-10-13(8-9-14(15)17)16(20)18-11-12-6-4-3-5-7-12/h3-4,8-10,12H,5-7,11H2,1-2H3,(H,18,20). The molecule has 1 aliphatic rings. The highest BCUT2D eigenvalue weighted by molar-refractivity contribution is 7.89.